The molecule has 132 valence electrons. The number of carbonyl (C=O) groups excluding carboxylic acids is 2. The number of nitrogens with two attached hydrogens (primary N) is 1. The van der Waals surface area contributed by atoms with E-state index in [9.17, 15) is 9.59 Å². The number of ether oxygens (including phenoxy) is 1. The van der Waals surface area contributed by atoms with Gasteiger partial charge in [0.05, 0.1) is 0 Å². The number of likely N-dealkylation sites (tertiary alicyclic amines) is 2. The summed E-state index contributed by atoms with van der Waals surface area (Å²) in [6.07, 6.45) is 3.43. The fraction of sp³-hybridized carbons (Fsp3) is 0.875. The topological polar surface area (TPSA) is 87.9 Å². The van der Waals surface area contributed by atoms with Gasteiger partial charge in [-0.25, -0.2) is 10.6 Å². The van der Waals surface area contributed by atoms with Gasteiger partial charge in [0.15, 0.2) is 0 Å². The van der Waals surface area contributed by atoms with Crippen LogP contribution in [0.1, 0.15) is 46.5 Å². The van der Waals surface area contributed by atoms with Crippen LogP contribution in [0.2, 0.25) is 0 Å². The SMILES string of the molecule is CC(C)(C)OC(=O)N1CCC(N2CCC(C(=O)NN)CC2)CC1. The first-order chi connectivity index (χ1) is 10.8. The molecule has 0 spiro atoms. The number of amides is 2. The molecule has 0 aromatic carbocycles. The highest BCUT2D eigenvalue weighted by Gasteiger charge is 2.32. The molecule has 3 N–H and O–H groups in total. The molecule has 0 aromatic rings. The molecule has 0 bridgehead atoms. The van der Waals surface area contributed by atoms with E-state index in [1.54, 1.807) is 4.90 Å². The molecule has 0 unspecified atom stereocenters. The van der Waals surface area contributed by atoms with Gasteiger partial charge >= 0.3 is 6.09 Å². The molecule has 2 aliphatic rings. The molecule has 7 nitrogen and oxygen atoms in total. The molecule has 0 saturated carbocycles. The molecular weight excluding hydrogens is 296 g/mol. The zero-order valence-corrected chi connectivity index (χ0v) is 14.5. The van der Waals surface area contributed by atoms with E-state index in [-0.39, 0.29) is 17.9 Å². The van der Waals surface area contributed by atoms with E-state index in [1.807, 2.05) is 20.8 Å². The molecule has 0 radical (unpaired) electrons. The van der Waals surface area contributed by atoms with Crippen LogP contribution in [0.15, 0.2) is 0 Å². The van der Waals surface area contributed by atoms with Crippen LogP contribution >= 0.6 is 0 Å². The Morgan fingerprint density at radius 1 is 1.04 bits per heavy atom. The Hall–Kier alpha value is -1.34. The lowest BCUT2D eigenvalue weighted by Gasteiger charge is -2.41. The zero-order chi connectivity index (χ0) is 17.0. The number of rotatable bonds is 2. The van der Waals surface area contributed by atoms with Crippen LogP contribution in [-0.2, 0) is 9.53 Å². The first-order valence-corrected chi connectivity index (χ1v) is 8.52. The fourth-order valence-corrected chi connectivity index (χ4v) is 3.38. The van der Waals surface area contributed by atoms with Crippen molar-refractivity contribution in [2.75, 3.05) is 26.2 Å². The molecular formula is C16H30N4O3. The highest BCUT2D eigenvalue weighted by molar-refractivity contribution is 5.78. The molecule has 0 aromatic heterocycles. The summed E-state index contributed by atoms with van der Waals surface area (Å²) in [6.45, 7) is 8.99. The van der Waals surface area contributed by atoms with Crippen LogP contribution in [0.5, 0.6) is 0 Å². The second kappa shape index (κ2) is 7.49. The lowest BCUT2D eigenvalue weighted by molar-refractivity contribution is -0.126. The van der Waals surface area contributed by atoms with Crippen LogP contribution in [-0.4, -0.2) is 59.6 Å². The maximum atomic E-state index is 12.1. The molecule has 2 aliphatic heterocycles. The van der Waals surface area contributed by atoms with Gasteiger partial charge < -0.3 is 14.5 Å². The summed E-state index contributed by atoms with van der Waals surface area (Å²) in [5, 5.41) is 0. The molecule has 0 aliphatic carbocycles. The number of nitrogens with one attached hydrogen (secondary N) is 1. The van der Waals surface area contributed by atoms with Crippen molar-refractivity contribution in [3.63, 3.8) is 0 Å². The maximum Gasteiger partial charge on any atom is 0.410 e. The van der Waals surface area contributed by atoms with E-state index in [4.69, 9.17) is 10.6 Å². The van der Waals surface area contributed by atoms with Gasteiger partial charge in [-0.2, -0.15) is 0 Å². The average molecular weight is 326 g/mol. The fourth-order valence-electron chi connectivity index (χ4n) is 3.38. The summed E-state index contributed by atoms with van der Waals surface area (Å²) >= 11 is 0. The quantitative estimate of drug-likeness (QED) is 0.450. The minimum Gasteiger partial charge on any atom is -0.444 e. The Morgan fingerprint density at radius 3 is 2.09 bits per heavy atom. The standard InChI is InChI=1S/C16H30N4O3/c1-16(2,3)23-15(22)20-10-6-13(7-11-20)19-8-4-12(5-9-19)14(21)18-17/h12-13H,4-11,17H2,1-3H3,(H,18,21). The molecule has 2 fully saturated rings. The Labute approximate surface area is 138 Å². The first kappa shape index (κ1) is 18.0. The number of hydrogen-bond donors (Lipinski definition) is 2. The highest BCUT2D eigenvalue weighted by atomic mass is 16.6. The van der Waals surface area contributed by atoms with Gasteiger partial charge in [-0.05, 0) is 59.5 Å². The summed E-state index contributed by atoms with van der Waals surface area (Å²) < 4.78 is 5.43. The van der Waals surface area contributed by atoms with Crippen LogP contribution in [0, 0.1) is 5.92 Å². The van der Waals surface area contributed by atoms with Crippen LogP contribution < -0.4 is 11.3 Å². The Kier molecular flexibility index (Phi) is 5.86. The summed E-state index contributed by atoms with van der Waals surface area (Å²) in [7, 11) is 0. The van der Waals surface area contributed by atoms with Crippen LogP contribution in [0.3, 0.4) is 0 Å². The van der Waals surface area contributed by atoms with Crippen LogP contribution in [0.25, 0.3) is 0 Å². The van der Waals surface area contributed by atoms with Gasteiger partial charge in [-0.15, -0.1) is 0 Å². The van der Waals surface area contributed by atoms with E-state index in [1.165, 1.54) is 0 Å². The van der Waals surface area contributed by atoms with Crippen molar-refractivity contribution < 1.29 is 14.3 Å². The normalized spacial score (nSPS) is 22.0. The molecule has 2 saturated heterocycles. The predicted molar refractivity (Wildman–Crippen MR) is 87.5 cm³/mol. The molecule has 7 heteroatoms. The van der Waals surface area contributed by atoms with E-state index in [2.05, 4.69) is 10.3 Å². The molecule has 2 rings (SSSR count). The Morgan fingerprint density at radius 2 is 1.61 bits per heavy atom. The molecule has 2 amide bonds. The molecule has 0 atom stereocenters. The number of hydrogen-bond acceptors (Lipinski definition) is 5. The highest BCUT2D eigenvalue weighted by Crippen LogP contribution is 2.24. The van der Waals surface area contributed by atoms with Crippen LogP contribution in [0.4, 0.5) is 4.79 Å². The monoisotopic (exact) mass is 326 g/mol. The summed E-state index contributed by atoms with van der Waals surface area (Å²) in [5.41, 5.74) is 1.81. The maximum absolute atomic E-state index is 12.1. The third-order valence-corrected chi connectivity index (χ3v) is 4.68. The van der Waals surface area contributed by atoms with Gasteiger partial charge in [0.1, 0.15) is 5.60 Å². The second-order valence-corrected chi connectivity index (χ2v) is 7.52. The summed E-state index contributed by atoms with van der Waals surface area (Å²) in [5.74, 6) is 5.19. The van der Waals surface area contributed by atoms with Gasteiger partial charge in [-0.3, -0.25) is 10.2 Å². The average Bonchev–Trinajstić information content (AvgIpc) is 2.53. The number of piperidine rings is 2. The van der Waals surface area contributed by atoms with Crippen molar-refractivity contribution in [3.05, 3.63) is 0 Å². The lowest BCUT2D eigenvalue weighted by Crippen LogP contribution is -2.51. The summed E-state index contributed by atoms with van der Waals surface area (Å²) in [4.78, 5) is 27.9. The number of nitrogens with zero attached hydrogens (tertiary/aromatic N) is 2. The minimum atomic E-state index is -0.445. The zero-order valence-electron chi connectivity index (χ0n) is 14.5. The molecule has 2 heterocycles. The summed E-state index contributed by atoms with van der Waals surface area (Å²) in [6, 6.07) is 0.496. The van der Waals surface area contributed by atoms with Crippen molar-refractivity contribution in [2.24, 2.45) is 11.8 Å². The number of hydrazine groups is 1. The van der Waals surface area contributed by atoms with Gasteiger partial charge in [0.2, 0.25) is 5.91 Å². The lowest BCUT2D eigenvalue weighted by atomic mass is 9.93. The third kappa shape index (κ3) is 5.07. The molecule has 23 heavy (non-hydrogen) atoms. The van der Waals surface area contributed by atoms with Crippen molar-refractivity contribution >= 4 is 12.0 Å². The van der Waals surface area contributed by atoms with Crippen molar-refractivity contribution in [2.45, 2.75) is 58.1 Å². The van der Waals surface area contributed by atoms with Gasteiger partial charge in [0.25, 0.3) is 0 Å². The first-order valence-electron chi connectivity index (χ1n) is 8.52. The van der Waals surface area contributed by atoms with E-state index in [0.717, 1.165) is 51.9 Å². The predicted octanol–water partition coefficient (Wildman–Crippen LogP) is 1.09. The minimum absolute atomic E-state index is 0.0399. The second-order valence-electron chi connectivity index (χ2n) is 7.52. The Bertz CT molecular complexity index is 420. The van der Waals surface area contributed by atoms with E-state index >= 15 is 0 Å². The van der Waals surface area contributed by atoms with E-state index in [0.29, 0.717) is 6.04 Å². The third-order valence-electron chi connectivity index (χ3n) is 4.68. The van der Waals surface area contributed by atoms with Crippen molar-refractivity contribution in [3.8, 4) is 0 Å². The van der Waals surface area contributed by atoms with Crippen molar-refractivity contribution in [1.82, 2.24) is 15.2 Å². The largest absolute Gasteiger partial charge is 0.444 e. The van der Waals surface area contributed by atoms with Gasteiger partial charge in [0, 0.05) is 25.0 Å². The van der Waals surface area contributed by atoms with Gasteiger partial charge in [-0.1, -0.05) is 0 Å². The van der Waals surface area contributed by atoms with E-state index < -0.39 is 5.60 Å². The smallest absolute Gasteiger partial charge is 0.410 e. The van der Waals surface area contributed by atoms with Crippen molar-refractivity contribution in [1.29, 1.82) is 0 Å². The number of carbonyl (C=O) groups is 2. The Balaban J connectivity index is 1.75.